The zero-order valence-corrected chi connectivity index (χ0v) is 14.5. The van der Waals surface area contributed by atoms with E-state index >= 15 is 0 Å². The van der Waals surface area contributed by atoms with Crippen LogP contribution in [0.5, 0.6) is 5.75 Å². The van der Waals surface area contributed by atoms with Crippen molar-refractivity contribution < 1.29 is 9.53 Å². The van der Waals surface area contributed by atoms with Gasteiger partial charge < -0.3 is 15.0 Å². The number of carbonyl (C=O) groups excluding carboxylic acids is 1. The Labute approximate surface area is 145 Å². The van der Waals surface area contributed by atoms with E-state index in [2.05, 4.69) is 15.2 Å². The summed E-state index contributed by atoms with van der Waals surface area (Å²) >= 11 is 1.43. The first-order chi connectivity index (χ1) is 11.7. The summed E-state index contributed by atoms with van der Waals surface area (Å²) in [4.78, 5) is 20.3. The van der Waals surface area contributed by atoms with Crippen LogP contribution in [0.25, 0.3) is 10.4 Å². The quantitative estimate of drug-likeness (QED) is 0.927. The smallest absolute Gasteiger partial charge is 0.280 e. The predicted molar refractivity (Wildman–Crippen MR) is 94.5 cm³/mol. The number of methoxy groups -OCH3 is 1. The molecule has 3 heterocycles. The molecule has 2 aliphatic heterocycles. The largest absolute Gasteiger partial charge is 0.497 e. The highest BCUT2D eigenvalue weighted by Crippen LogP contribution is 2.30. The van der Waals surface area contributed by atoms with E-state index in [4.69, 9.17) is 4.74 Å². The summed E-state index contributed by atoms with van der Waals surface area (Å²) in [7, 11) is 1.65. The first kappa shape index (κ1) is 15.6. The van der Waals surface area contributed by atoms with Gasteiger partial charge in [0.1, 0.15) is 5.75 Å². The number of rotatable bonds is 4. The van der Waals surface area contributed by atoms with Gasteiger partial charge in [-0.2, -0.15) is 0 Å². The molecule has 5 nitrogen and oxygen atoms in total. The monoisotopic (exact) mass is 343 g/mol. The van der Waals surface area contributed by atoms with Crippen molar-refractivity contribution >= 4 is 17.2 Å². The number of amides is 1. The molecule has 1 aromatic carbocycles. The van der Waals surface area contributed by atoms with Crippen LogP contribution < -0.4 is 10.1 Å². The van der Waals surface area contributed by atoms with Gasteiger partial charge in [0.2, 0.25) is 0 Å². The minimum atomic E-state index is -0.0540. The normalized spacial score (nSPS) is 25.5. The molecule has 0 radical (unpaired) electrons. The fraction of sp³-hybridized carbons (Fsp3) is 0.444. The molecule has 3 atom stereocenters. The summed E-state index contributed by atoms with van der Waals surface area (Å²) in [6.45, 7) is 3.34. The van der Waals surface area contributed by atoms with Crippen molar-refractivity contribution in [3.63, 3.8) is 0 Å². The van der Waals surface area contributed by atoms with Gasteiger partial charge in [-0.05, 0) is 43.0 Å². The maximum absolute atomic E-state index is 12.5. The van der Waals surface area contributed by atoms with Crippen molar-refractivity contribution in [2.45, 2.75) is 18.9 Å². The van der Waals surface area contributed by atoms with Gasteiger partial charge in [0, 0.05) is 25.3 Å². The maximum Gasteiger partial charge on any atom is 0.280 e. The second kappa shape index (κ2) is 6.53. The highest BCUT2D eigenvalue weighted by Gasteiger charge is 2.33. The molecular formula is C18H21N3O2S. The Morgan fingerprint density at radius 2 is 2.33 bits per heavy atom. The Kier molecular flexibility index (Phi) is 4.24. The number of nitrogens with one attached hydrogen (secondary N) is 1. The molecular weight excluding hydrogens is 322 g/mol. The van der Waals surface area contributed by atoms with Gasteiger partial charge in [0.25, 0.3) is 5.91 Å². The predicted octanol–water partition coefficient (Wildman–Crippen LogP) is 2.64. The van der Waals surface area contributed by atoms with Crippen molar-refractivity contribution in [3.05, 3.63) is 35.5 Å². The van der Waals surface area contributed by atoms with Crippen LogP contribution >= 0.6 is 11.3 Å². The summed E-state index contributed by atoms with van der Waals surface area (Å²) in [5, 5.41) is 3.69. The number of fused-ring (bicyclic) bond motifs is 2. The molecule has 126 valence electrons. The topological polar surface area (TPSA) is 54.5 Å². The van der Waals surface area contributed by atoms with Gasteiger partial charge in [-0.15, -0.1) is 11.3 Å². The van der Waals surface area contributed by atoms with Gasteiger partial charge in [-0.1, -0.05) is 12.1 Å². The average Bonchev–Trinajstić information content (AvgIpc) is 3.22. The van der Waals surface area contributed by atoms with Crippen molar-refractivity contribution in [2.24, 2.45) is 5.92 Å². The molecule has 2 aliphatic rings. The molecule has 2 fully saturated rings. The Balaban J connectivity index is 1.45. The molecule has 1 aromatic heterocycles. The van der Waals surface area contributed by atoms with Crippen LogP contribution in [0.1, 0.15) is 22.6 Å². The Morgan fingerprint density at radius 1 is 1.42 bits per heavy atom. The third-order valence-corrected chi connectivity index (χ3v) is 5.90. The number of hydrogen-bond donors (Lipinski definition) is 1. The van der Waals surface area contributed by atoms with Crippen molar-refractivity contribution in [2.75, 3.05) is 26.7 Å². The lowest BCUT2D eigenvalue weighted by Crippen LogP contribution is -2.46. The molecule has 1 amide bonds. The molecule has 1 N–H and O–H groups in total. The van der Waals surface area contributed by atoms with E-state index in [0.717, 1.165) is 35.1 Å². The summed E-state index contributed by atoms with van der Waals surface area (Å²) in [5.74, 6) is 1.49. The lowest BCUT2D eigenvalue weighted by atomic mass is 9.97. The Bertz CT molecular complexity index is 733. The van der Waals surface area contributed by atoms with Gasteiger partial charge in [0.15, 0.2) is 5.01 Å². The molecule has 0 spiro atoms. The fourth-order valence-electron chi connectivity index (χ4n) is 3.70. The molecule has 4 rings (SSSR count). The number of benzene rings is 1. The Morgan fingerprint density at radius 3 is 3.17 bits per heavy atom. The third-order valence-electron chi connectivity index (χ3n) is 4.86. The van der Waals surface area contributed by atoms with E-state index in [1.54, 1.807) is 13.3 Å². The number of carbonyl (C=O) groups is 1. The summed E-state index contributed by atoms with van der Waals surface area (Å²) < 4.78 is 5.26. The standard InChI is InChI=1S/C18H21N3O2S/c1-23-15-4-2-3-13(8-15)16-9-19-18(24-16)17(22)20-14-7-12-5-6-21(10-12)11-14/h2-4,8-9,12,14H,5-7,10-11H2,1H3,(H,20,22)/t12-,14+/m0/s1. The van der Waals surface area contributed by atoms with Crippen LogP contribution in [0.3, 0.4) is 0 Å². The van der Waals surface area contributed by atoms with E-state index in [1.165, 1.54) is 30.8 Å². The fourth-order valence-corrected chi connectivity index (χ4v) is 4.52. The second-order valence-corrected chi connectivity index (χ2v) is 7.61. The van der Waals surface area contributed by atoms with Crippen LogP contribution in [0.15, 0.2) is 30.5 Å². The van der Waals surface area contributed by atoms with Crippen LogP contribution in [-0.4, -0.2) is 48.6 Å². The lowest BCUT2D eigenvalue weighted by molar-refractivity contribution is 0.0909. The number of hydrogen-bond acceptors (Lipinski definition) is 5. The van der Waals surface area contributed by atoms with E-state index in [9.17, 15) is 4.79 Å². The van der Waals surface area contributed by atoms with Crippen LogP contribution in [0.4, 0.5) is 0 Å². The molecule has 24 heavy (non-hydrogen) atoms. The second-order valence-electron chi connectivity index (χ2n) is 6.58. The maximum atomic E-state index is 12.5. The average molecular weight is 343 g/mol. The van der Waals surface area contributed by atoms with E-state index in [1.807, 2.05) is 24.3 Å². The SMILES string of the molecule is COc1cccc(-c2cnc(C(=O)N[C@@H]3C[C@@H]4CCN(C4)C3)s2)c1. The zero-order valence-electron chi connectivity index (χ0n) is 13.7. The molecule has 1 unspecified atom stereocenters. The molecule has 2 aromatic rings. The van der Waals surface area contributed by atoms with Crippen molar-refractivity contribution in [1.29, 1.82) is 0 Å². The number of ether oxygens (including phenoxy) is 1. The first-order valence-electron chi connectivity index (χ1n) is 8.35. The zero-order chi connectivity index (χ0) is 16.5. The third kappa shape index (κ3) is 3.16. The minimum Gasteiger partial charge on any atom is -0.497 e. The van der Waals surface area contributed by atoms with Crippen LogP contribution in [-0.2, 0) is 0 Å². The summed E-state index contributed by atoms with van der Waals surface area (Å²) in [6.07, 6.45) is 4.13. The minimum absolute atomic E-state index is 0.0540. The molecule has 6 heteroatoms. The van der Waals surface area contributed by atoms with Gasteiger partial charge in [0.05, 0.1) is 12.0 Å². The van der Waals surface area contributed by atoms with Gasteiger partial charge in [-0.3, -0.25) is 4.79 Å². The first-order valence-corrected chi connectivity index (χ1v) is 9.16. The number of piperidine rings is 1. The molecule has 2 saturated heterocycles. The summed E-state index contributed by atoms with van der Waals surface area (Å²) in [6, 6.07) is 8.07. The molecule has 2 bridgehead atoms. The highest BCUT2D eigenvalue weighted by molar-refractivity contribution is 7.17. The Hall–Kier alpha value is -1.92. The van der Waals surface area contributed by atoms with Crippen LogP contribution in [0.2, 0.25) is 0 Å². The van der Waals surface area contributed by atoms with Gasteiger partial charge >= 0.3 is 0 Å². The van der Waals surface area contributed by atoms with E-state index in [0.29, 0.717) is 5.01 Å². The number of thiazole rings is 1. The van der Waals surface area contributed by atoms with Crippen molar-refractivity contribution in [1.82, 2.24) is 15.2 Å². The van der Waals surface area contributed by atoms with Crippen LogP contribution in [0, 0.1) is 5.92 Å². The summed E-state index contributed by atoms with van der Waals surface area (Å²) in [5.41, 5.74) is 1.02. The van der Waals surface area contributed by atoms with E-state index < -0.39 is 0 Å². The lowest BCUT2D eigenvalue weighted by Gasteiger charge is -2.30. The van der Waals surface area contributed by atoms with Gasteiger partial charge in [-0.25, -0.2) is 4.98 Å². The van der Waals surface area contributed by atoms with E-state index in [-0.39, 0.29) is 11.9 Å². The van der Waals surface area contributed by atoms with Crippen molar-refractivity contribution in [3.8, 4) is 16.2 Å². The highest BCUT2D eigenvalue weighted by atomic mass is 32.1. The molecule has 0 aliphatic carbocycles. The molecule has 0 saturated carbocycles. The number of aromatic nitrogens is 1. The number of nitrogens with zero attached hydrogens (tertiary/aromatic N) is 2.